The molecule has 0 aromatic heterocycles. The van der Waals surface area contributed by atoms with E-state index in [0.29, 0.717) is 44.8 Å². The number of rotatable bonds is 22. The molecule has 3 rings (SSSR count). The van der Waals surface area contributed by atoms with Crippen LogP contribution in [0.2, 0.25) is 0 Å². The van der Waals surface area contributed by atoms with E-state index in [2.05, 4.69) is 26.6 Å². The van der Waals surface area contributed by atoms with E-state index in [1.807, 2.05) is 60.7 Å². The van der Waals surface area contributed by atoms with Gasteiger partial charge in [0, 0.05) is 19.6 Å². The average Bonchev–Trinajstić information content (AvgIpc) is 3.70. The Kier molecular flexibility index (Phi) is 20.2. The fourth-order valence-electron chi connectivity index (χ4n) is 6.25. The number of ether oxygens (including phenoxy) is 3. The van der Waals surface area contributed by atoms with Crippen LogP contribution in [-0.4, -0.2) is 96.6 Å². The first kappa shape index (κ1) is 47.7. The first-order valence-electron chi connectivity index (χ1n) is 20.4. The number of likely N-dealkylation sites (tertiary alicyclic amines) is 1. The van der Waals surface area contributed by atoms with Crippen LogP contribution in [0.1, 0.15) is 97.1 Å². The van der Waals surface area contributed by atoms with Crippen molar-refractivity contribution in [2.24, 2.45) is 5.92 Å². The molecule has 1 heterocycles. The summed E-state index contributed by atoms with van der Waals surface area (Å²) in [7, 11) is 0. The van der Waals surface area contributed by atoms with Crippen molar-refractivity contribution in [1.29, 1.82) is 0 Å². The Bertz CT molecular complexity index is 1650. The fraction of sp³-hybridized carbons (Fsp3) is 0.558. The van der Waals surface area contributed by atoms with E-state index in [-0.39, 0.29) is 51.6 Å². The highest BCUT2D eigenvalue weighted by atomic mass is 16.6. The Morgan fingerprint density at radius 3 is 1.75 bits per heavy atom. The number of carbonyl (C=O) groups is 7. The van der Waals surface area contributed by atoms with Crippen molar-refractivity contribution in [2.45, 2.75) is 129 Å². The van der Waals surface area contributed by atoms with E-state index >= 15 is 0 Å². The van der Waals surface area contributed by atoms with Gasteiger partial charge >= 0.3 is 18.3 Å². The summed E-state index contributed by atoms with van der Waals surface area (Å²) in [5, 5.41) is 13.6. The molecule has 324 valence electrons. The van der Waals surface area contributed by atoms with Gasteiger partial charge in [0.15, 0.2) is 0 Å². The number of amides is 6. The molecule has 0 radical (unpaired) electrons. The van der Waals surface area contributed by atoms with Crippen LogP contribution in [-0.2, 0) is 46.6 Å². The normalized spacial score (nSPS) is 15.2. The van der Waals surface area contributed by atoms with Crippen LogP contribution in [0, 0.1) is 5.92 Å². The molecule has 2 aromatic rings. The molecule has 16 nitrogen and oxygen atoms in total. The zero-order valence-corrected chi connectivity index (χ0v) is 35.0. The summed E-state index contributed by atoms with van der Waals surface area (Å²) in [6, 6.07) is 14.7. The summed E-state index contributed by atoms with van der Waals surface area (Å²) < 4.78 is 16.0. The van der Waals surface area contributed by atoms with Crippen LogP contribution in [0.15, 0.2) is 60.7 Å². The van der Waals surface area contributed by atoms with Crippen LogP contribution in [0.3, 0.4) is 0 Å². The Balaban J connectivity index is 1.67. The molecule has 0 aliphatic carbocycles. The predicted octanol–water partition coefficient (Wildman–Crippen LogP) is 4.89. The standard InChI is InChI=1S/C43H62N6O10/c1-30(2)35(27-50)47-38(52)36-23-16-26-49(36)39(53)34(22-13-15-25-45-41(55)58-29-32-19-10-7-11-20-32)46-37(51)33(48-42(56)59-43(3,4)5)21-12-14-24-44-40(54)57-28-31-17-8-6-9-18-31/h6-11,17-20,27,30,33-36H,12-16,21-26,28-29H2,1-5H3,(H,44,54)(H,45,55)(H,46,51)(H,47,52)(H,48,56)/t33-,34-,35+,36-/m0/s1. The van der Waals surface area contributed by atoms with Crippen molar-refractivity contribution in [3.8, 4) is 0 Å². The molecule has 59 heavy (non-hydrogen) atoms. The number of unbranched alkanes of at least 4 members (excludes halogenated alkanes) is 2. The van der Waals surface area contributed by atoms with Crippen LogP contribution in [0.5, 0.6) is 0 Å². The third kappa shape index (κ3) is 18.2. The summed E-state index contributed by atoms with van der Waals surface area (Å²) in [5.41, 5.74) is 0.841. The molecule has 5 N–H and O–H groups in total. The van der Waals surface area contributed by atoms with Crippen molar-refractivity contribution < 1.29 is 47.8 Å². The largest absolute Gasteiger partial charge is 0.445 e. The first-order chi connectivity index (χ1) is 28.2. The van der Waals surface area contributed by atoms with E-state index in [0.717, 1.165) is 11.1 Å². The lowest BCUT2D eigenvalue weighted by Crippen LogP contribution is -2.57. The molecule has 1 aliphatic heterocycles. The van der Waals surface area contributed by atoms with Gasteiger partial charge < -0.3 is 50.5 Å². The van der Waals surface area contributed by atoms with Gasteiger partial charge in [-0.15, -0.1) is 0 Å². The number of aldehydes is 1. The summed E-state index contributed by atoms with van der Waals surface area (Å²) in [6.07, 6.45) is 1.61. The Morgan fingerprint density at radius 2 is 1.25 bits per heavy atom. The molecule has 0 saturated carbocycles. The maximum atomic E-state index is 14.2. The van der Waals surface area contributed by atoms with Crippen molar-refractivity contribution in [1.82, 2.24) is 31.5 Å². The number of nitrogens with zero attached hydrogens (tertiary/aromatic N) is 1. The number of hydrogen-bond acceptors (Lipinski definition) is 10. The highest BCUT2D eigenvalue weighted by molar-refractivity contribution is 5.94. The van der Waals surface area contributed by atoms with Gasteiger partial charge in [-0.25, -0.2) is 14.4 Å². The number of benzene rings is 2. The molecule has 1 aliphatic rings. The van der Waals surface area contributed by atoms with Crippen LogP contribution in [0.25, 0.3) is 0 Å². The molecule has 1 fully saturated rings. The SMILES string of the molecule is CC(C)[C@@H](C=O)NC(=O)[C@@H]1CCCN1C(=O)[C@H](CCCCNC(=O)OCc1ccccc1)NC(=O)[C@H](CCCCNC(=O)OCc1ccccc1)NC(=O)OC(C)(C)C. The molecule has 6 amide bonds. The molecule has 0 bridgehead atoms. The molecule has 4 atom stereocenters. The quantitative estimate of drug-likeness (QED) is 0.0617. The molecular weight excluding hydrogens is 761 g/mol. The average molecular weight is 823 g/mol. The van der Waals surface area contributed by atoms with Gasteiger partial charge in [-0.2, -0.15) is 0 Å². The summed E-state index contributed by atoms with van der Waals surface area (Å²) in [5.74, 6) is -1.72. The number of alkyl carbamates (subject to hydrolysis) is 3. The lowest BCUT2D eigenvalue weighted by molar-refractivity contribution is -0.142. The minimum Gasteiger partial charge on any atom is -0.445 e. The van der Waals surface area contributed by atoms with E-state index < -0.39 is 65.8 Å². The predicted molar refractivity (Wildman–Crippen MR) is 220 cm³/mol. The van der Waals surface area contributed by atoms with Gasteiger partial charge in [-0.3, -0.25) is 14.4 Å². The summed E-state index contributed by atoms with van der Waals surface area (Å²) in [4.78, 5) is 92.0. The molecular formula is C43H62N6O10. The molecule has 0 unspecified atom stereocenters. The smallest absolute Gasteiger partial charge is 0.408 e. The van der Waals surface area contributed by atoms with Crippen LogP contribution in [0.4, 0.5) is 14.4 Å². The highest BCUT2D eigenvalue weighted by Gasteiger charge is 2.39. The Hall–Kier alpha value is -5.67. The van der Waals surface area contributed by atoms with Crippen molar-refractivity contribution in [2.75, 3.05) is 19.6 Å². The summed E-state index contributed by atoms with van der Waals surface area (Å²) in [6.45, 7) is 9.69. The van der Waals surface area contributed by atoms with Crippen molar-refractivity contribution >= 4 is 42.3 Å². The van der Waals surface area contributed by atoms with Gasteiger partial charge in [0.1, 0.15) is 43.2 Å². The maximum absolute atomic E-state index is 14.2. The monoisotopic (exact) mass is 822 g/mol. The van der Waals surface area contributed by atoms with E-state index in [1.54, 1.807) is 34.6 Å². The second-order valence-corrected chi connectivity index (χ2v) is 15.8. The van der Waals surface area contributed by atoms with Gasteiger partial charge in [-0.05, 0) is 89.2 Å². The minimum atomic E-state index is -1.11. The van der Waals surface area contributed by atoms with Gasteiger partial charge in [0.2, 0.25) is 17.7 Å². The third-order valence-corrected chi connectivity index (χ3v) is 9.44. The topological polar surface area (TPSA) is 211 Å². The van der Waals surface area contributed by atoms with E-state index in [9.17, 15) is 33.6 Å². The fourth-order valence-corrected chi connectivity index (χ4v) is 6.25. The summed E-state index contributed by atoms with van der Waals surface area (Å²) >= 11 is 0. The number of carbonyl (C=O) groups excluding carboxylic acids is 7. The molecule has 16 heteroatoms. The van der Waals surface area contributed by atoms with Gasteiger partial charge in [-0.1, -0.05) is 74.5 Å². The van der Waals surface area contributed by atoms with E-state index in [4.69, 9.17) is 14.2 Å². The van der Waals surface area contributed by atoms with Gasteiger partial charge in [0.25, 0.3) is 0 Å². The van der Waals surface area contributed by atoms with Gasteiger partial charge in [0.05, 0.1) is 6.04 Å². The second-order valence-electron chi connectivity index (χ2n) is 15.8. The first-order valence-corrected chi connectivity index (χ1v) is 20.4. The zero-order valence-electron chi connectivity index (χ0n) is 35.0. The minimum absolute atomic E-state index is 0.112. The number of hydrogen-bond donors (Lipinski definition) is 5. The lowest BCUT2D eigenvalue weighted by atomic mass is 10.0. The van der Waals surface area contributed by atoms with Crippen molar-refractivity contribution in [3.05, 3.63) is 71.8 Å². The van der Waals surface area contributed by atoms with Crippen LogP contribution < -0.4 is 26.6 Å². The Labute approximate surface area is 347 Å². The molecule has 1 saturated heterocycles. The molecule has 2 aromatic carbocycles. The lowest BCUT2D eigenvalue weighted by Gasteiger charge is -2.31. The zero-order chi connectivity index (χ0) is 43.2. The Morgan fingerprint density at radius 1 is 0.729 bits per heavy atom. The van der Waals surface area contributed by atoms with Crippen molar-refractivity contribution in [3.63, 3.8) is 0 Å². The second kappa shape index (κ2) is 25.0. The van der Waals surface area contributed by atoms with Crippen LogP contribution >= 0.6 is 0 Å². The maximum Gasteiger partial charge on any atom is 0.408 e. The third-order valence-electron chi connectivity index (χ3n) is 9.44. The molecule has 0 spiro atoms. The van der Waals surface area contributed by atoms with E-state index in [1.165, 1.54) is 4.90 Å². The number of nitrogens with one attached hydrogen (secondary N) is 5. The highest BCUT2D eigenvalue weighted by Crippen LogP contribution is 2.21.